The van der Waals surface area contributed by atoms with Gasteiger partial charge < -0.3 is 10.2 Å². The van der Waals surface area contributed by atoms with Gasteiger partial charge in [0.1, 0.15) is 5.69 Å². The molecule has 0 aliphatic carbocycles. The van der Waals surface area contributed by atoms with Gasteiger partial charge in [-0.15, -0.1) is 0 Å². The Hall–Kier alpha value is -2.96. The number of carbonyl (C=O) groups is 1. The van der Waals surface area contributed by atoms with E-state index in [4.69, 9.17) is 0 Å². The van der Waals surface area contributed by atoms with Crippen molar-refractivity contribution in [2.45, 2.75) is 19.3 Å². The summed E-state index contributed by atoms with van der Waals surface area (Å²) in [5, 5.41) is 2.94. The first-order chi connectivity index (χ1) is 11.8. The van der Waals surface area contributed by atoms with Crippen molar-refractivity contribution in [2.24, 2.45) is 0 Å². The fourth-order valence-corrected chi connectivity index (χ4v) is 2.98. The second kappa shape index (κ2) is 6.27. The molecule has 24 heavy (non-hydrogen) atoms. The number of fused-ring (bicyclic) bond motifs is 1. The zero-order valence-corrected chi connectivity index (χ0v) is 13.2. The van der Waals surface area contributed by atoms with Gasteiger partial charge in [-0.25, -0.2) is 15.0 Å². The van der Waals surface area contributed by atoms with E-state index in [-0.39, 0.29) is 5.91 Å². The van der Waals surface area contributed by atoms with Gasteiger partial charge in [0, 0.05) is 37.9 Å². The molecule has 4 rings (SSSR count). The van der Waals surface area contributed by atoms with Crippen molar-refractivity contribution in [1.82, 2.24) is 19.4 Å². The maximum atomic E-state index is 12.6. The summed E-state index contributed by atoms with van der Waals surface area (Å²) in [6.45, 7) is 1.94. The average Bonchev–Trinajstić information content (AvgIpc) is 3.07. The molecule has 1 fully saturated rings. The standard InChI is InChI=1S/C17H18N6O/c24-16(14-12-23-11-5-8-19-17(23)21-14)20-13-6-4-7-18-15(13)22-9-2-1-3-10-22/h4-8,11-12H,1-3,9-10H2,(H,20,24). The molecule has 3 aromatic heterocycles. The number of nitrogens with one attached hydrogen (secondary N) is 1. The van der Waals surface area contributed by atoms with E-state index in [1.54, 1.807) is 29.1 Å². The molecule has 0 bridgehead atoms. The van der Waals surface area contributed by atoms with Crippen LogP contribution in [0, 0.1) is 0 Å². The van der Waals surface area contributed by atoms with Gasteiger partial charge in [-0.1, -0.05) is 0 Å². The molecular weight excluding hydrogens is 304 g/mol. The second-order valence-electron chi connectivity index (χ2n) is 5.83. The molecule has 1 aliphatic rings. The van der Waals surface area contributed by atoms with Crippen molar-refractivity contribution in [3.05, 3.63) is 48.7 Å². The van der Waals surface area contributed by atoms with E-state index in [0.717, 1.165) is 37.4 Å². The van der Waals surface area contributed by atoms with Crippen LogP contribution in [0.5, 0.6) is 0 Å². The summed E-state index contributed by atoms with van der Waals surface area (Å²) in [4.78, 5) is 27.6. The van der Waals surface area contributed by atoms with E-state index in [0.29, 0.717) is 11.5 Å². The Bertz CT molecular complexity index is 835. The van der Waals surface area contributed by atoms with Crippen LogP contribution in [-0.4, -0.2) is 38.3 Å². The SMILES string of the molecule is O=C(Nc1cccnc1N1CCCCC1)c1cn2cccnc2n1. The van der Waals surface area contributed by atoms with Crippen molar-refractivity contribution < 1.29 is 4.79 Å². The number of hydrogen-bond acceptors (Lipinski definition) is 5. The van der Waals surface area contributed by atoms with Gasteiger partial charge in [-0.2, -0.15) is 0 Å². The Morgan fingerprint density at radius 2 is 1.92 bits per heavy atom. The minimum Gasteiger partial charge on any atom is -0.355 e. The fraction of sp³-hybridized carbons (Fsp3) is 0.294. The first-order valence-electron chi connectivity index (χ1n) is 8.12. The monoisotopic (exact) mass is 322 g/mol. The number of rotatable bonds is 3. The second-order valence-corrected chi connectivity index (χ2v) is 5.83. The number of hydrogen-bond donors (Lipinski definition) is 1. The van der Waals surface area contributed by atoms with Gasteiger partial charge >= 0.3 is 0 Å². The molecule has 1 saturated heterocycles. The summed E-state index contributed by atoms with van der Waals surface area (Å²) in [6, 6.07) is 5.50. The van der Waals surface area contributed by atoms with Crippen LogP contribution >= 0.6 is 0 Å². The Kier molecular flexibility index (Phi) is 3.82. The number of nitrogens with zero attached hydrogens (tertiary/aromatic N) is 5. The first kappa shape index (κ1) is 14.6. The lowest BCUT2D eigenvalue weighted by molar-refractivity contribution is 0.102. The van der Waals surface area contributed by atoms with Gasteiger partial charge in [0.2, 0.25) is 5.78 Å². The van der Waals surface area contributed by atoms with Gasteiger partial charge in [0.15, 0.2) is 5.82 Å². The number of pyridine rings is 1. The Morgan fingerprint density at radius 3 is 2.75 bits per heavy atom. The molecule has 7 heteroatoms. The van der Waals surface area contributed by atoms with Crippen molar-refractivity contribution in [1.29, 1.82) is 0 Å². The summed E-state index contributed by atoms with van der Waals surface area (Å²) >= 11 is 0. The topological polar surface area (TPSA) is 75.4 Å². The molecule has 0 radical (unpaired) electrons. The van der Waals surface area contributed by atoms with Crippen LogP contribution in [-0.2, 0) is 0 Å². The molecule has 4 heterocycles. The van der Waals surface area contributed by atoms with Crippen molar-refractivity contribution in [3.63, 3.8) is 0 Å². The zero-order chi connectivity index (χ0) is 16.4. The Labute approximate surface area is 139 Å². The summed E-state index contributed by atoms with van der Waals surface area (Å²) in [7, 11) is 0. The largest absolute Gasteiger partial charge is 0.355 e. The minimum absolute atomic E-state index is 0.258. The molecule has 0 unspecified atom stereocenters. The minimum atomic E-state index is -0.258. The maximum absolute atomic E-state index is 12.6. The third-order valence-corrected chi connectivity index (χ3v) is 4.16. The number of piperidine rings is 1. The van der Waals surface area contributed by atoms with Crippen molar-refractivity contribution in [3.8, 4) is 0 Å². The number of anilines is 2. The Balaban J connectivity index is 1.59. The van der Waals surface area contributed by atoms with E-state index in [2.05, 4.69) is 25.2 Å². The summed E-state index contributed by atoms with van der Waals surface area (Å²) in [5.74, 6) is 1.07. The molecule has 0 spiro atoms. The molecule has 0 aromatic carbocycles. The molecule has 1 amide bonds. The lowest BCUT2D eigenvalue weighted by Gasteiger charge is -2.29. The van der Waals surface area contributed by atoms with Gasteiger partial charge in [0.25, 0.3) is 5.91 Å². The summed E-state index contributed by atoms with van der Waals surface area (Å²) < 4.78 is 1.73. The molecule has 0 saturated carbocycles. The van der Waals surface area contributed by atoms with E-state index in [1.807, 2.05) is 18.3 Å². The van der Waals surface area contributed by atoms with E-state index >= 15 is 0 Å². The smallest absolute Gasteiger partial charge is 0.276 e. The van der Waals surface area contributed by atoms with Crippen LogP contribution in [0.1, 0.15) is 29.8 Å². The number of carbonyl (C=O) groups excluding carboxylic acids is 1. The van der Waals surface area contributed by atoms with Crippen LogP contribution in [0.3, 0.4) is 0 Å². The predicted octanol–water partition coefficient (Wildman–Crippen LogP) is 2.37. The van der Waals surface area contributed by atoms with Crippen LogP contribution < -0.4 is 10.2 Å². The molecule has 7 nitrogen and oxygen atoms in total. The highest BCUT2D eigenvalue weighted by Crippen LogP contribution is 2.26. The number of imidazole rings is 1. The third kappa shape index (κ3) is 2.80. The molecule has 3 aromatic rings. The van der Waals surface area contributed by atoms with Crippen molar-refractivity contribution in [2.75, 3.05) is 23.3 Å². The predicted molar refractivity (Wildman–Crippen MR) is 91.2 cm³/mol. The zero-order valence-electron chi connectivity index (χ0n) is 13.2. The normalized spacial score (nSPS) is 14.8. The van der Waals surface area contributed by atoms with E-state index in [9.17, 15) is 4.79 Å². The maximum Gasteiger partial charge on any atom is 0.276 e. The first-order valence-corrected chi connectivity index (χ1v) is 8.12. The highest BCUT2D eigenvalue weighted by atomic mass is 16.1. The molecule has 1 aliphatic heterocycles. The number of amides is 1. The number of aromatic nitrogens is 4. The van der Waals surface area contributed by atoms with Crippen molar-refractivity contribution >= 4 is 23.2 Å². The van der Waals surface area contributed by atoms with E-state index in [1.165, 1.54) is 6.42 Å². The average molecular weight is 322 g/mol. The van der Waals surface area contributed by atoms with Crippen LogP contribution in [0.2, 0.25) is 0 Å². The molecule has 122 valence electrons. The van der Waals surface area contributed by atoms with Gasteiger partial charge in [-0.05, 0) is 37.5 Å². The third-order valence-electron chi connectivity index (χ3n) is 4.16. The quantitative estimate of drug-likeness (QED) is 0.801. The fourth-order valence-electron chi connectivity index (χ4n) is 2.98. The molecule has 1 N–H and O–H groups in total. The van der Waals surface area contributed by atoms with Crippen LogP contribution in [0.4, 0.5) is 11.5 Å². The lowest BCUT2D eigenvalue weighted by atomic mass is 10.1. The van der Waals surface area contributed by atoms with E-state index < -0.39 is 0 Å². The Morgan fingerprint density at radius 1 is 1.08 bits per heavy atom. The van der Waals surface area contributed by atoms with Crippen LogP contribution in [0.15, 0.2) is 43.0 Å². The summed E-state index contributed by atoms with van der Waals surface area (Å²) in [5.41, 5.74) is 1.05. The molecular formula is C17H18N6O. The van der Waals surface area contributed by atoms with Gasteiger partial charge in [0.05, 0.1) is 5.69 Å². The van der Waals surface area contributed by atoms with Gasteiger partial charge in [-0.3, -0.25) is 9.20 Å². The highest BCUT2D eigenvalue weighted by Gasteiger charge is 2.18. The molecule has 0 atom stereocenters. The highest BCUT2D eigenvalue weighted by molar-refractivity contribution is 6.04. The summed E-state index contributed by atoms with van der Waals surface area (Å²) in [6.07, 6.45) is 10.5. The lowest BCUT2D eigenvalue weighted by Crippen LogP contribution is -2.31. The van der Waals surface area contributed by atoms with Crippen LogP contribution in [0.25, 0.3) is 5.78 Å².